The average molecular weight is 398 g/mol. The van der Waals surface area contributed by atoms with Gasteiger partial charge < -0.3 is 14.5 Å². The first-order valence-electron chi connectivity index (χ1n) is 9.87. The van der Waals surface area contributed by atoms with E-state index in [-0.39, 0.29) is 29.6 Å². The number of hydrogen-bond acceptors (Lipinski definition) is 3. The van der Waals surface area contributed by atoms with Gasteiger partial charge in [-0.1, -0.05) is 24.3 Å². The summed E-state index contributed by atoms with van der Waals surface area (Å²) in [6.45, 7) is 2.87. The van der Waals surface area contributed by atoms with Crippen molar-refractivity contribution in [2.24, 2.45) is 5.92 Å². The quantitative estimate of drug-likeness (QED) is 0.744. The lowest BCUT2D eigenvalue weighted by Gasteiger charge is -2.41. The standard InChI is InChI=1S/C23H27FN2O3/c1-4-26-21(27)14-13-20(22(26)17-7-11-19(29-3)12-8-17)23(28)25(2)15-16-5-9-18(24)10-6-16/h5-12,20,22H,4,13-15H2,1-3H3/t20-,22+/m1/s1. The maximum atomic E-state index is 13.3. The Bertz CT molecular complexity index is 851. The highest BCUT2D eigenvalue weighted by Gasteiger charge is 2.40. The van der Waals surface area contributed by atoms with Crippen LogP contribution in [-0.4, -0.2) is 42.3 Å². The van der Waals surface area contributed by atoms with Crippen LogP contribution in [0, 0.1) is 11.7 Å². The van der Waals surface area contributed by atoms with E-state index in [0.29, 0.717) is 25.9 Å². The fourth-order valence-corrected chi connectivity index (χ4v) is 4.02. The van der Waals surface area contributed by atoms with E-state index in [4.69, 9.17) is 4.74 Å². The van der Waals surface area contributed by atoms with Gasteiger partial charge in [0.25, 0.3) is 0 Å². The minimum atomic E-state index is -0.327. The maximum absolute atomic E-state index is 13.3. The van der Waals surface area contributed by atoms with Crippen molar-refractivity contribution in [2.45, 2.75) is 32.4 Å². The smallest absolute Gasteiger partial charge is 0.228 e. The number of amides is 2. The van der Waals surface area contributed by atoms with Crippen LogP contribution in [-0.2, 0) is 16.1 Å². The van der Waals surface area contributed by atoms with Crippen LogP contribution in [0.3, 0.4) is 0 Å². The molecule has 2 aromatic rings. The molecule has 1 aliphatic heterocycles. The first kappa shape index (κ1) is 20.8. The largest absolute Gasteiger partial charge is 0.497 e. The van der Waals surface area contributed by atoms with Crippen LogP contribution in [0.1, 0.15) is 36.9 Å². The van der Waals surface area contributed by atoms with Crippen LogP contribution in [0.4, 0.5) is 4.39 Å². The lowest BCUT2D eigenvalue weighted by atomic mass is 9.83. The van der Waals surface area contributed by atoms with E-state index in [1.807, 2.05) is 31.2 Å². The second kappa shape index (κ2) is 9.07. The van der Waals surface area contributed by atoms with Gasteiger partial charge in [0.2, 0.25) is 11.8 Å². The zero-order valence-electron chi connectivity index (χ0n) is 17.1. The predicted octanol–water partition coefficient (Wildman–Crippen LogP) is 3.79. The van der Waals surface area contributed by atoms with E-state index in [1.54, 1.807) is 36.1 Å². The maximum Gasteiger partial charge on any atom is 0.228 e. The molecule has 0 bridgehead atoms. The SMILES string of the molecule is CCN1C(=O)CC[C@@H](C(=O)N(C)Cc2ccc(F)cc2)[C@@H]1c1ccc(OC)cc1. The summed E-state index contributed by atoms with van der Waals surface area (Å²) in [5.74, 6) is 0.160. The number of likely N-dealkylation sites (tertiary alicyclic amines) is 1. The zero-order valence-corrected chi connectivity index (χ0v) is 17.1. The molecule has 2 aromatic carbocycles. The van der Waals surface area contributed by atoms with Crippen molar-refractivity contribution in [1.82, 2.24) is 9.80 Å². The first-order chi connectivity index (χ1) is 13.9. The molecule has 3 rings (SSSR count). The summed E-state index contributed by atoms with van der Waals surface area (Å²) in [5, 5.41) is 0. The minimum Gasteiger partial charge on any atom is -0.497 e. The summed E-state index contributed by atoms with van der Waals surface area (Å²) in [6, 6.07) is 13.4. The summed E-state index contributed by atoms with van der Waals surface area (Å²) in [6.07, 6.45) is 0.875. The first-order valence-corrected chi connectivity index (χ1v) is 9.87. The van der Waals surface area contributed by atoms with Gasteiger partial charge in [0, 0.05) is 26.6 Å². The van der Waals surface area contributed by atoms with Crippen LogP contribution >= 0.6 is 0 Å². The third-order valence-electron chi connectivity index (χ3n) is 5.53. The van der Waals surface area contributed by atoms with E-state index in [0.717, 1.165) is 16.9 Å². The van der Waals surface area contributed by atoms with E-state index < -0.39 is 0 Å². The molecular formula is C23H27FN2O3. The summed E-state index contributed by atoms with van der Waals surface area (Å²) in [4.78, 5) is 29.3. The molecule has 0 aliphatic carbocycles. The van der Waals surface area contributed by atoms with Crippen molar-refractivity contribution >= 4 is 11.8 Å². The number of methoxy groups -OCH3 is 1. The lowest BCUT2D eigenvalue weighted by Crippen LogP contribution is -2.48. The number of piperidine rings is 1. The highest BCUT2D eigenvalue weighted by Crippen LogP contribution is 2.38. The van der Waals surface area contributed by atoms with Crippen LogP contribution in [0.25, 0.3) is 0 Å². The molecule has 0 aromatic heterocycles. The Labute approximate surface area is 171 Å². The number of hydrogen-bond donors (Lipinski definition) is 0. The van der Waals surface area contributed by atoms with Crippen LogP contribution < -0.4 is 4.74 Å². The Kier molecular flexibility index (Phi) is 6.52. The van der Waals surface area contributed by atoms with E-state index in [1.165, 1.54) is 12.1 Å². The van der Waals surface area contributed by atoms with Crippen molar-refractivity contribution in [3.05, 3.63) is 65.5 Å². The Balaban J connectivity index is 1.85. The molecule has 1 saturated heterocycles. The topological polar surface area (TPSA) is 49.9 Å². The molecule has 29 heavy (non-hydrogen) atoms. The molecule has 154 valence electrons. The van der Waals surface area contributed by atoms with Crippen molar-refractivity contribution in [3.8, 4) is 5.75 Å². The van der Waals surface area contributed by atoms with Crippen molar-refractivity contribution in [3.63, 3.8) is 0 Å². The molecular weight excluding hydrogens is 371 g/mol. The Morgan fingerprint density at radius 3 is 2.41 bits per heavy atom. The molecule has 5 nitrogen and oxygen atoms in total. The molecule has 0 unspecified atom stereocenters. The van der Waals surface area contributed by atoms with Gasteiger partial charge in [0.05, 0.1) is 19.1 Å². The van der Waals surface area contributed by atoms with E-state index >= 15 is 0 Å². The average Bonchev–Trinajstić information content (AvgIpc) is 2.74. The van der Waals surface area contributed by atoms with Gasteiger partial charge in [-0.2, -0.15) is 0 Å². The molecule has 1 heterocycles. The van der Waals surface area contributed by atoms with Gasteiger partial charge in [-0.15, -0.1) is 0 Å². The summed E-state index contributed by atoms with van der Waals surface area (Å²) < 4.78 is 18.4. The third kappa shape index (κ3) is 4.58. The predicted molar refractivity (Wildman–Crippen MR) is 109 cm³/mol. The third-order valence-corrected chi connectivity index (χ3v) is 5.53. The summed E-state index contributed by atoms with van der Waals surface area (Å²) in [7, 11) is 3.36. The van der Waals surface area contributed by atoms with Gasteiger partial charge in [-0.05, 0) is 48.7 Å². The van der Waals surface area contributed by atoms with Gasteiger partial charge >= 0.3 is 0 Å². The van der Waals surface area contributed by atoms with E-state index in [9.17, 15) is 14.0 Å². The van der Waals surface area contributed by atoms with Gasteiger partial charge in [0.1, 0.15) is 11.6 Å². The molecule has 2 atom stereocenters. The molecule has 1 aliphatic rings. The van der Waals surface area contributed by atoms with Crippen molar-refractivity contribution in [2.75, 3.05) is 20.7 Å². The number of carbonyl (C=O) groups excluding carboxylic acids is 2. The second-order valence-corrected chi connectivity index (χ2v) is 7.36. The molecule has 6 heteroatoms. The van der Waals surface area contributed by atoms with Crippen LogP contribution in [0.2, 0.25) is 0 Å². The molecule has 0 radical (unpaired) electrons. The Morgan fingerprint density at radius 1 is 1.17 bits per heavy atom. The number of halogens is 1. The molecule has 0 spiro atoms. The number of nitrogens with zero attached hydrogens (tertiary/aromatic N) is 2. The molecule has 0 saturated carbocycles. The highest BCUT2D eigenvalue weighted by atomic mass is 19.1. The van der Waals surface area contributed by atoms with Gasteiger partial charge in [0.15, 0.2) is 0 Å². The minimum absolute atomic E-state index is 0.0129. The van der Waals surface area contributed by atoms with Crippen molar-refractivity contribution in [1.29, 1.82) is 0 Å². The Morgan fingerprint density at radius 2 is 1.83 bits per heavy atom. The molecule has 2 amide bonds. The van der Waals surface area contributed by atoms with Crippen molar-refractivity contribution < 1.29 is 18.7 Å². The van der Waals surface area contributed by atoms with Crippen LogP contribution in [0.5, 0.6) is 5.75 Å². The monoisotopic (exact) mass is 398 g/mol. The number of rotatable bonds is 6. The fourth-order valence-electron chi connectivity index (χ4n) is 4.02. The second-order valence-electron chi connectivity index (χ2n) is 7.36. The molecule has 1 fully saturated rings. The summed E-state index contributed by atoms with van der Waals surface area (Å²) >= 11 is 0. The molecule has 0 N–H and O–H groups in total. The van der Waals surface area contributed by atoms with Gasteiger partial charge in [-0.25, -0.2) is 4.39 Å². The Hall–Kier alpha value is -2.89. The fraction of sp³-hybridized carbons (Fsp3) is 0.391. The normalized spacial score (nSPS) is 19.2. The number of carbonyl (C=O) groups is 2. The number of ether oxygens (including phenoxy) is 1. The lowest BCUT2D eigenvalue weighted by molar-refractivity contribution is -0.147. The summed E-state index contributed by atoms with van der Waals surface area (Å²) in [5.41, 5.74) is 1.79. The van der Waals surface area contributed by atoms with Crippen LogP contribution in [0.15, 0.2) is 48.5 Å². The number of benzene rings is 2. The zero-order chi connectivity index (χ0) is 21.0. The van der Waals surface area contributed by atoms with E-state index in [2.05, 4.69) is 0 Å². The highest BCUT2D eigenvalue weighted by molar-refractivity contribution is 5.85. The van der Waals surface area contributed by atoms with Gasteiger partial charge in [-0.3, -0.25) is 9.59 Å².